The largest absolute Gasteiger partial charge is 0.398 e. The molecule has 3 N–H and O–H groups in total. The molecule has 1 aliphatic rings. The number of rotatable bonds is 3. The molecule has 0 radical (unpaired) electrons. The van der Waals surface area contributed by atoms with E-state index in [0.717, 1.165) is 58.3 Å². The number of aryl methyl sites for hydroxylation is 2. The number of hydrogen-bond donors (Lipinski definition) is 2. The molecule has 0 atom stereocenters. The molecule has 1 saturated carbocycles. The maximum Gasteiger partial charge on any atom is 0.0994 e. The number of aliphatic hydroxyl groups excluding tert-OH is 1. The molecule has 0 spiro atoms. The highest BCUT2D eigenvalue weighted by Crippen LogP contribution is 2.32. The first-order chi connectivity index (χ1) is 14.9. The third kappa shape index (κ3) is 7.56. The molecule has 3 nitrogen and oxygen atoms in total. The van der Waals surface area contributed by atoms with Crippen LogP contribution in [0.2, 0.25) is 0 Å². The molecule has 0 aromatic heterocycles. The molecule has 2 aromatic rings. The van der Waals surface area contributed by atoms with Crippen LogP contribution in [0.15, 0.2) is 36.4 Å². The summed E-state index contributed by atoms with van der Waals surface area (Å²) >= 11 is 0. The molecule has 168 valence electrons. The van der Waals surface area contributed by atoms with Gasteiger partial charge in [-0.05, 0) is 85.6 Å². The van der Waals surface area contributed by atoms with E-state index in [-0.39, 0.29) is 6.10 Å². The zero-order valence-corrected chi connectivity index (χ0v) is 20.3. The molecule has 3 heteroatoms. The van der Waals surface area contributed by atoms with Crippen LogP contribution in [-0.4, -0.2) is 11.2 Å². The standard InChI is InChI=1S/C20H22N2.C6H12O.C2H6/c1-5-7-18(17-8-6-9-20(22)15(17)4)19-11-16(12-21)13(2)10-14(19)3;7-6-4-2-1-3-5-6;1-2/h6-11H,5,22H2,1-4H3;6-7H,1-5H2;1-2H3/b18-7-;;. The number of nitrogens with zero attached hydrogens (tertiary/aromatic N) is 1. The van der Waals surface area contributed by atoms with E-state index in [1.807, 2.05) is 45.9 Å². The smallest absolute Gasteiger partial charge is 0.0994 e. The van der Waals surface area contributed by atoms with Crippen molar-refractivity contribution < 1.29 is 5.11 Å². The lowest BCUT2D eigenvalue weighted by atomic mass is 9.88. The summed E-state index contributed by atoms with van der Waals surface area (Å²) in [6, 6.07) is 12.4. The van der Waals surface area contributed by atoms with E-state index in [9.17, 15) is 5.26 Å². The molecule has 1 fully saturated rings. The summed E-state index contributed by atoms with van der Waals surface area (Å²) in [5.74, 6) is 0. The molecule has 31 heavy (non-hydrogen) atoms. The molecule has 0 amide bonds. The minimum Gasteiger partial charge on any atom is -0.398 e. The van der Waals surface area contributed by atoms with Crippen molar-refractivity contribution in [2.24, 2.45) is 0 Å². The second-order valence-electron chi connectivity index (χ2n) is 7.93. The number of aliphatic hydroxyl groups is 1. The van der Waals surface area contributed by atoms with Crippen LogP contribution in [0.4, 0.5) is 5.69 Å². The molecule has 3 rings (SSSR count). The van der Waals surface area contributed by atoms with E-state index in [0.29, 0.717) is 0 Å². The van der Waals surface area contributed by atoms with Crippen LogP contribution in [0.5, 0.6) is 0 Å². The summed E-state index contributed by atoms with van der Waals surface area (Å²) in [6.07, 6.45) is 9.06. The zero-order chi connectivity index (χ0) is 23.4. The van der Waals surface area contributed by atoms with Crippen molar-refractivity contribution in [1.29, 1.82) is 5.26 Å². The molecule has 0 heterocycles. The first-order valence-electron chi connectivity index (χ1n) is 11.6. The summed E-state index contributed by atoms with van der Waals surface area (Å²) < 4.78 is 0. The van der Waals surface area contributed by atoms with Gasteiger partial charge >= 0.3 is 0 Å². The Labute approximate surface area is 189 Å². The van der Waals surface area contributed by atoms with Crippen molar-refractivity contribution >= 4 is 11.3 Å². The van der Waals surface area contributed by atoms with Crippen LogP contribution in [0.3, 0.4) is 0 Å². The van der Waals surface area contributed by atoms with E-state index in [2.05, 4.69) is 38.1 Å². The summed E-state index contributed by atoms with van der Waals surface area (Å²) in [4.78, 5) is 0. The van der Waals surface area contributed by atoms with Crippen molar-refractivity contribution in [2.45, 2.75) is 86.2 Å². The van der Waals surface area contributed by atoms with Crippen LogP contribution in [0, 0.1) is 32.1 Å². The van der Waals surface area contributed by atoms with Crippen LogP contribution >= 0.6 is 0 Å². The van der Waals surface area contributed by atoms with Crippen LogP contribution < -0.4 is 5.73 Å². The maximum atomic E-state index is 9.33. The average molecular weight is 421 g/mol. The second-order valence-corrected chi connectivity index (χ2v) is 7.93. The normalized spacial score (nSPS) is 13.9. The lowest BCUT2D eigenvalue weighted by Crippen LogP contribution is -2.09. The van der Waals surface area contributed by atoms with Crippen molar-refractivity contribution in [2.75, 3.05) is 5.73 Å². The van der Waals surface area contributed by atoms with Gasteiger partial charge in [0.25, 0.3) is 0 Å². The fraction of sp³-hybridized carbons (Fsp3) is 0.464. The van der Waals surface area contributed by atoms with Crippen LogP contribution in [0.25, 0.3) is 5.57 Å². The van der Waals surface area contributed by atoms with Gasteiger partial charge < -0.3 is 10.8 Å². The van der Waals surface area contributed by atoms with Gasteiger partial charge in [-0.15, -0.1) is 0 Å². The van der Waals surface area contributed by atoms with Crippen LogP contribution in [0.1, 0.15) is 92.7 Å². The van der Waals surface area contributed by atoms with Crippen molar-refractivity contribution in [3.8, 4) is 6.07 Å². The fourth-order valence-corrected chi connectivity index (χ4v) is 3.86. The molecule has 1 aliphatic carbocycles. The van der Waals surface area contributed by atoms with Crippen molar-refractivity contribution in [3.63, 3.8) is 0 Å². The predicted molar refractivity (Wildman–Crippen MR) is 134 cm³/mol. The van der Waals surface area contributed by atoms with Gasteiger partial charge in [-0.25, -0.2) is 0 Å². The molecule has 0 unspecified atom stereocenters. The SMILES string of the molecule is CC.CC/C=C(\c1cc(C#N)c(C)cc1C)c1cccc(N)c1C.OC1CCCCC1. The quantitative estimate of drug-likeness (QED) is 0.514. The summed E-state index contributed by atoms with van der Waals surface area (Å²) in [7, 11) is 0. The van der Waals surface area contributed by atoms with E-state index in [1.165, 1.54) is 24.8 Å². The van der Waals surface area contributed by atoms with Gasteiger partial charge in [0.2, 0.25) is 0 Å². The van der Waals surface area contributed by atoms with Gasteiger partial charge in [-0.3, -0.25) is 0 Å². The summed E-state index contributed by atoms with van der Waals surface area (Å²) in [6.45, 7) is 12.2. The summed E-state index contributed by atoms with van der Waals surface area (Å²) in [5, 5.41) is 18.2. The number of allylic oxidation sites excluding steroid dienone is 1. The van der Waals surface area contributed by atoms with Gasteiger partial charge in [0.05, 0.1) is 17.7 Å². The Morgan fingerprint density at radius 1 is 1.06 bits per heavy atom. The zero-order valence-electron chi connectivity index (χ0n) is 20.3. The highest BCUT2D eigenvalue weighted by atomic mass is 16.3. The molecular formula is C28H40N2O. The Hall–Kier alpha value is -2.57. The van der Waals surface area contributed by atoms with Crippen molar-refractivity contribution in [3.05, 3.63) is 69.8 Å². The molecule has 2 aromatic carbocycles. The first-order valence-corrected chi connectivity index (χ1v) is 11.6. The van der Waals surface area contributed by atoms with Crippen molar-refractivity contribution in [1.82, 2.24) is 0 Å². The third-order valence-electron chi connectivity index (χ3n) is 5.63. The number of anilines is 1. The number of nitriles is 1. The van der Waals surface area contributed by atoms with Gasteiger partial charge in [0.1, 0.15) is 0 Å². The minimum absolute atomic E-state index is 0.0359. The topological polar surface area (TPSA) is 70.0 Å². The number of nitrogen functional groups attached to an aromatic ring is 1. The number of hydrogen-bond acceptors (Lipinski definition) is 3. The molecular weight excluding hydrogens is 380 g/mol. The minimum atomic E-state index is 0.0359. The van der Waals surface area contributed by atoms with Gasteiger partial charge in [0.15, 0.2) is 0 Å². The number of benzene rings is 2. The fourth-order valence-electron chi connectivity index (χ4n) is 3.86. The van der Waals surface area contributed by atoms with E-state index < -0.39 is 0 Å². The lowest BCUT2D eigenvalue weighted by molar-refractivity contribution is 0.130. The van der Waals surface area contributed by atoms with E-state index >= 15 is 0 Å². The Balaban J connectivity index is 0.000000447. The Kier molecular flexibility index (Phi) is 11.7. The maximum absolute atomic E-state index is 9.33. The second kappa shape index (κ2) is 13.7. The Morgan fingerprint density at radius 2 is 1.71 bits per heavy atom. The average Bonchev–Trinajstić information content (AvgIpc) is 2.77. The molecule has 0 saturated heterocycles. The van der Waals surface area contributed by atoms with Gasteiger partial charge in [-0.2, -0.15) is 5.26 Å². The van der Waals surface area contributed by atoms with E-state index in [1.54, 1.807) is 0 Å². The lowest BCUT2D eigenvalue weighted by Gasteiger charge is -2.16. The monoisotopic (exact) mass is 420 g/mol. The highest BCUT2D eigenvalue weighted by Gasteiger charge is 2.13. The Morgan fingerprint density at radius 3 is 2.23 bits per heavy atom. The van der Waals surface area contributed by atoms with Gasteiger partial charge in [0, 0.05) is 5.69 Å². The molecule has 0 aliphatic heterocycles. The van der Waals surface area contributed by atoms with Gasteiger partial charge in [-0.1, -0.05) is 64.3 Å². The first kappa shape index (κ1) is 26.5. The molecule has 0 bridgehead atoms. The van der Waals surface area contributed by atoms with E-state index in [4.69, 9.17) is 10.8 Å². The van der Waals surface area contributed by atoms with Crippen LogP contribution in [-0.2, 0) is 0 Å². The number of nitrogens with two attached hydrogens (primary N) is 1. The third-order valence-corrected chi connectivity index (χ3v) is 5.63. The predicted octanol–water partition coefficient (Wildman–Crippen LogP) is 7.25. The summed E-state index contributed by atoms with van der Waals surface area (Å²) in [5.41, 5.74) is 14.3. The highest BCUT2D eigenvalue weighted by molar-refractivity contribution is 5.85. The Bertz CT molecular complexity index is 900.